The third-order valence-electron chi connectivity index (χ3n) is 2.59. The van der Waals surface area contributed by atoms with E-state index < -0.39 is 11.8 Å². The third-order valence-corrected chi connectivity index (χ3v) is 2.59. The summed E-state index contributed by atoms with van der Waals surface area (Å²) in [6.45, 7) is 3.94. The first-order valence-corrected chi connectivity index (χ1v) is 6.70. The second-order valence-electron chi connectivity index (χ2n) is 4.29. The van der Waals surface area contributed by atoms with E-state index in [1.165, 1.54) is 12.5 Å². The molecule has 1 heterocycles. The van der Waals surface area contributed by atoms with E-state index in [1.54, 1.807) is 42.5 Å². The average Bonchev–Trinajstić information content (AvgIpc) is 3.07. The van der Waals surface area contributed by atoms with E-state index in [2.05, 4.69) is 22.4 Å². The van der Waals surface area contributed by atoms with Crippen molar-refractivity contribution in [3.63, 3.8) is 0 Å². The number of benzene rings is 1. The standard InChI is InChI=1S/C16H15N3O4/c1-2-9-22-13-7-5-12(6-8-13)18-15(20)16(21)19-17-11-14-4-3-10-23-14/h2-8,10-11H,1,9H2,(H,18,20)(H,19,21)/b17-11-. The highest BCUT2D eigenvalue weighted by Crippen LogP contribution is 2.15. The Bertz CT molecular complexity index is 691. The predicted octanol–water partition coefficient (Wildman–Crippen LogP) is 1.93. The Morgan fingerprint density at radius 3 is 2.65 bits per heavy atom. The monoisotopic (exact) mass is 313 g/mol. The molecule has 7 nitrogen and oxygen atoms in total. The Labute approximate surface area is 132 Å². The fourth-order valence-electron chi connectivity index (χ4n) is 1.55. The van der Waals surface area contributed by atoms with E-state index in [4.69, 9.17) is 9.15 Å². The van der Waals surface area contributed by atoms with E-state index in [0.717, 1.165) is 0 Å². The van der Waals surface area contributed by atoms with Crippen LogP contribution in [0, 0.1) is 0 Å². The van der Waals surface area contributed by atoms with Gasteiger partial charge in [-0.3, -0.25) is 9.59 Å². The number of hydrogen-bond donors (Lipinski definition) is 2. The van der Waals surface area contributed by atoms with Crippen LogP contribution in [0.15, 0.2) is 64.8 Å². The van der Waals surface area contributed by atoms with Crippen LogP contribution in [0.25, 0.3) is 0 Å². The van der Waals surface area contributed by atoms with Crippen molar-refractivity contribution in [2.24, 2.45) is 5.10 Å². The molecule has 2 N–H and O–H groups in total. The fraction of sp³-hybridized carbons (Fsp3) is 0.0625. The van der Waals surface area contributed by atoms with Crippen LogP contribution >= 0.6 is 0 Å². The van der Waals surface area contributed by atoms with Gasteiger partial charge >= 0.3 is 11.8 Å². The molecular weight excluding hydrogens is 298 g/mol. The topological polar surface area (TPSA) is 92.9 Å². The van der Waals surface area contributed by atoms with Crippen molar-refractivity contribution in [3.8, 4) is 5.75 Å². The normalized spacial score (nSPS) is 10.3. The Hall–Kier alpha value is -3.35. The van der Waals surface area contributed by atoms with E-state index in [0.29, 0.717) is 23.8 Å². The molecule has 0 radical (unpaired) electrons. The molecule has 0 atom stereocenters. The summed E-state index contributed by atoms with van der Waals surface area (Å²) in [4.78, 5) is 23.3. The Morgan fingerprint density at radius 2 is 2.00 bits per heavy atom. The minimum atomic E-state index is -0.889. The number of furan rings is 1. The van der Waals surface area contributed by atoms with Gasteiger partial charge in [0.25, 0.3) is 0 Å². The Morgan fingerprint density at radius 1 is 1.22 bits per heavy atom. The van der Waals surface area contributed by atoms with Crippen LogP contribution < -0.4 is 15.5 Å². The van der Waals surface area contributed by atoms with E-state index in [9.17, 15) is 9.59 Å². The SMILES string of the molecule is C=CCOc1ccc(NC(=O)C(=O)N/N=C\c2ccco2)cc1. The third kappa shape index (κ3) is 5.16. The lowest BCUT2D eigenvalue weighted by Gasteiger charge is -2.06. The van der Waals surface area contributed by atoms with Gasteiger partial charge in [0.15, 0.2) is 0 Å². The van der Waals surface area contributed by atoms with E-state index in [-0.39, 0.29) is 0 Å². The largest absolute Gasteiger partial charge is 0.490 e. The first-order valence-electron chi connectivity index (χ1n) is 6.70. The summed E-state index contributed by atoms with van der Waals surface area (Å²) < 4.78 is 10.3. The number of carbonyl (C=O) groups is 2. The molecule has 23 heavy (non-hydrogen) atoms. The van der Waals surface area contributed by atoms with Gasteiger partial charge < -0.3 is 14.5 Å². The van der Waals surface area contributed by atoms with Crippen LogP contribution in [0.5, 0.6) is 5.75 Å². The summed E-state index contributed by atoms with van der Waals surface area (Å²) in [7, 11) is 0. The number of ether oxygens (including phenoxy) is 1. The van der Waals surface area contributed by atoms with Gasteiger partial charge in [-0.2, -0.15) is 5.10 Å². The lowest BCUT2D eigenvalue weighted by molar-refractivity contribution is -0.136. The van der Waals surface area contributed by atoms with Crippen molar-refractivity contribution in [3.05, 3.63) is 61.1 Å². The molecule has 0 fully saturated rings. The first kappa shape index (κ1) is 16.0. The molecule has 2 amide bonds. The maximum absolute atomic E-state index is 11.7. The number of anilines is 1. The number of hydrogen-bond acceptors (Lipinski definition) is 5. The lowest BCUT2D eigenvalue weighted by atomic mass is 10.3. The van der Waals surface area contributed by atoms with Crippen molar-refractivity contribution in [2.75, 3.05) is 11.9 Å². The van der Waals surface area contributed by atoms with Crippen LogP contribution in [-0.2, 0) is 9.59 Å². The number of nitrogens with one attached hydrogen (secondary N) is 2. The highest BCUT2D eigenvalue weighted by atomic mass is 16.5. The van der Waals surface area contributed by atoms with Gasteiger partial charge in [0.1, 0.15) is 18.1 Å². The summed E-state index contributed by atoms with van der Waals surface area (Å²) in [5, 5.41) is 6.06. The summed E-state index contributed by atoms with van der Waals surface area (Å²) in [5.74, 6) is -0.627. The van der Waals surface area contributed by atoms with Crippen LogP contribution in [0.3, 0.4) is 0 Å². The minimum Gasteiger partial charge on any atom is -0.490 e. The van der Waals surface area contributed by atoms with Gasteiger partial charge in [-0.1, -0.05) is 12.7 Å². The zero-order chi connectivity index (χ0) is 16.5. The highest BCUT2D eigenvalue weighted by molar-refractivity contribution is 6.39. The van der Waals surface area contributed by atoms with Crippen molar-refractivity contribution >= 4 is 23.7 Å². The summed E-state index contributed by atoms with van der Waals surface area (Å²) in [6.07, 6.45) is 4.39. The number of rotatable bonds is 6. The van der Waals surface area contributed by atoms with Crippen molar-refractivity contribution < 1.29 is 18.7 Å². The molecule has 1 aromatic carbocycles. The molecule has 0 spiro atoms. The van der Waals surface area contributed by atoms with Crippen molar-refractivity contribution in [1.82, 2.24) is 5.43 Å². The quantitative estimate of drug-likeness (QED) is 0.369. The molecule has 2 rings (SSSR count). The van der Waals surface area contributed by atoms with Crippen LogP contribution in [0.4, 0.5) is 5.69 Å². The molecule has 118 valence electrons. The summed E-state index contributed by atoms with van der Waals surface area (Å²) in [6, 6.07) is 9.92. The molecule has 0 saturated heterocycles. The summed E-state index contributed by atoms with van der Waals surface area (Å²) >= 11 is 0. The van der Waals surface area contributed by atoms with Gasteiger partial charge in [-0.05, 0) is 36.4 Å². The molecule has 0 bridgehead atoms. The molecule has 2 aromatic rings. The second kappa shape index (κ2) is 8.18. The predicted molar refractivity (Wildman–Crippen MR) is 85.2 cm³/mol. The van der Waals surface area contributed by atoms with Crippen LogP contribution in [-0.4, -0.2) is 24.6 Å². The fourth-order valence-corrected chi connectivity index (χ4v) is 1.55. The molecule has 0 aliphatic carbocycles. The first-order chi connectivity index (χ1) is 11.2. The molecule has 0 aliphatic rings. The van der Waals surface area contributed by atoms with E-state index in [1.807, 2.05) is 0 Å². The Kier molecular flexibility index (Phi) is 5.70. The molecule has 0 unspecified atom stereocenters. The molecule has 0 saturated carbocycles. The number of nitrogens with zero attached hydrogens (tertiary/aromatic N) is 1. The lowest BCUT2D eigenvalue weighted by Crippen LogP contribution is -2.32. The van der Waals surface area contributed by atoms with Crippen LogP contribution in [0.1, 0.15) is 5.76 Å². The van der Waals surface area contributed by atoms with Gasteiger partial charge in [0.05, 0.1) is 12.5 Å². The molecule has 0 aliphatic heterocycles. The molecular formula is C16H15N3O4. The second-order valence-corrected chi connectivity index (χ2v) is 4.29. The zero-order valence-corrected chi connectivity index (χ0v) is 12.2. The van der Waals surface area contributed by atoms with Gasteiger partial charge in [-0.25, -0.2) is 5.43 Å². The minimum absolute atomic E-state index is 0.391. The zero-order valence-electron chi connectivity index (χ0n) is 12.2. The highest BCUT2D eigenvalue weighted by Gasteiger charge is 2.12. The number of amides is 2. The van der Waals surface area contributed by atoms with Crippen LogP contribution in [0.2, 0.25) is 0 Å². The van der Waals surface area contributed by atoms with Gasteiger partial charge in [0.2, 0.25) is 0 Å². The van der Waals surface area contributed by atoms with Gasteiger partial charge in [-0.15, -0.1) is 0 Å². The van der Waals surface area contributed by atoms with Gasteiger partial charge in [0, 0.05) is 5.69 Å². The van der Waals surface area contributed by atoms with Crippen molar-refractivity contribution in [2.45, 2.75) is 0 Å². The molecule has 1 aromatic heterocycles. The number of carbonyl (C=O) groups excluding carboxylic acids is 2. The van der Waals surface area contributed by atoms with E-state index >= 15 is 0 Å². The molecule has 7 heteroatoms. The maximum Gasteiger partial charge on any atom is 0.329 e. The average molecular weight is 313 g/mol. The number of hydrazone groups is 1. The summed E-state index contributed by atoms with van der Waals surface area (Å²) in [5.41, 5.74) is 2.57. The maximum atomic E-state index is 11.7. The Balaban J connectivity index is 1.83. The van der Waals surface area contributed by atoms with Crippen molar-refractivity contribution in [1.29, 1.82) is 0 Å². The smallest absolute Gasteiger partial charge is 0.329 e.